The lowest BCUT2D eigenvalue weighted by Crippen LogP contribution is -2.30. The lowest BCUT2D eigenvalue weighted by molar-refractivity contribution is 0.0953. The third kappa shape index (κ3) is 2.21. The number of nitrogens with two attached hydrogens (primary N) is 1. The molecule has 3 N–H and O–H groups in total. The van der Waals surface area contributed by atoms with Crippen molar-refractivity contribution in [3.8, 4) is 11.1 Å². The minimum atomic E-state index is -0.283. The molecule has 0 fully saturated rings. The molecule has 0 aliphatic heterocycles. The van der Waals surface area contributed by atoms with Gasteiger partial charge in [0.2, 0.25) is 0 Å². The lowest BCUT2D eigenvalue weighted by Gasteiger charge is -2.30. The largest absolute Gasteiger partial charge is 0.290 e. The van der Waals surface area contributed by atoms with Crippen LogP contribution in [0.4, 0.5) is 0 Å². The Morgan fingerprint density at radius 2 is 1.70 bits per heavy atom. The molecule has 0 aromatic heterocycles. The predicted octanol–water partition coefficient (Wildman–Crippen LogP) is 3.71. The van der Waals surface area contributed by atoms with E-state index < -0.39 is 0 Å². The maximum atomic E-state index is 11.9. The topological polar surface area (TPSA) is 55.1 Å². The van der Waals surface area contributed by atoms with Crippen molar-refractivity contribution in [2.24, 2.45) is 5.84 Å². The number of hydrogen-bond acceptors (Lipinski definition) is 2. The lowest BCUT2D eigenvalue weighted by atomic mass is 9.72. The summed E-state index contributed by atoms with van der Waals surface area (Å²) in [7, 11) is 0. The number of nitrogens with one attached hydrogen (secondary N) is 1. The van der Waals surface area contributed by atoms with Crippen LogP contribution in [0.3, 0.4) is 0 Å². The Kier molecular flexibility index (Phi) is 3.89. The highest BCUT2D eigenvalue weighted by atomic mass is 16.2. The summed E-state index contributed by atoms with van der Waals surface area (Å²) < 4.78 is 0. The molecule has 1 amide bonds. The van der Waals surface area contributed by atoms with Gasteiger partial charge >= 0.3 is 0 Å². The second kappa shape index (κ2) is 5.86. The van der Waals surface area contributed by atoms with Crippen molar-refractivity contribution in [3.63, 3.8) is 0 Å². The van der Waals surface area contributed by atoms with E-state index in [4.69, 9.17) is 5.84 Å². The molecule has 0 unspecified atom stereocenters. The molecule has 0 radical (unpaired) electrons. The van der Waals surface area contributed by atoms with Crippen LogP contribution in [-0.2, 0) is 5.41 Å². The summed E-state index contributed by atoms with van der Waals surface area (Å²) in [5, 5.41) is 0. The van der Waals surface area contributed by atoms with E-state index >= 15 is 0 Å². The third-order valence-corrected chi connectivity index (χ3v) is 4.65. The maximum Gasteiger partial charge on any atom is 0.265 e. The molecule has 0 heterocycles. The van der Waals surface area contributed by atoms with Crippen LogP contribution < -0.4 is 11.3 Å². The van der Waals surface area contributed by atoms with Gasteiger partial charge in [0.15, 0.2) is 0 Å². The molecule has 23 heavy (non-hydrogen) atoms. The molecule has 0 saturated heterocycles. The second-order valence-electron chi connectivity index (χ2n) is 5.85. The molecule has 0 atom stereocenters. The first-order chi connectivity index (χ1) is 11.2. The minimum Gasteiger partial charge on any atom is -0.290 e. The Morgan fingerprint density at radius 3 is 2.35 bits per heavy atom. The van der Waals surface area contributed by atoms with Crippen molar-refractivity contribution >= 4 is 5.91 Å². The van der Waals surface area contributed by atoms with Crippen LogP contribution in [0.1, 0.15) is 34.3 Å². The molecule has 3 nitrogen and oxygen atoms in total. The van der Waals surface area contributed by atoms with E-state index in [-0.39, 0.29) is 11.3 Å². The van der Waals surface area contributed by atoms with Gasteiger partial charge in [0, 0.05) is 11.0 Å². The number of carbonyl (C=O) groups is 1. The van der Waals surface area contributed by atoms with Crippen LogP contribution in [0.25, 0.3) is 11.1 Å². The van der Waals surface area contributed by atoms with Gasteiger partial charge in [0.25, 0.3) is 5.91 Å². The van der Waals surface area contributed by atoms with Crippen molar-refractivity contribution in [2.75, 3.05) is 0 Å². The van der Waals surface area contributed by atoms with E-state index in [1.54, 1.807) is 0 Å². The van der Waals surface area contributed by atoms with Gasteiger partial charge < -0.3 is 0 Å². The second-order valence-corrected chi connectivity index (χ2v) is 5.85. The van der Waals surface area contributed by atoms with E-state index in [0.29, 0.717) is 5.56 Å². The highest BCUT2D eigenvalue weighted by Gasteiger charge is 2.41. The van der Waals surface area contributed by atoms with Crippen LogP contribution in [0.2, 0.25) is 0 Å². The Labute approximate surface area is 136 Å². The first-order valence-corrected chi connectivity index (χ1v) is 7.65. The molecule has 3 heteroatoms. The zero-order valence-electron chi connectivity index (χ0n) is 13.0. The predicted molar refractivity (Wildman–Crippen MR) is 93.9 cm³/mol. The number of hydrogen-bond donors (Lipinski definition) is 2. The molecule has 3 rings (SSSR count). The van der Waals surface area contributed by atoms with Gasteiger partial charge in [-0.15, -0.1) is 13.2 Å². The van der Waals surface area contributed by atoms with Gasteiger partial charge in [-0.05, 0) is 47.2 Å². The molecule has 2 aromatic carbocycles. The van der Waals surface area contributed by atoms with Gasteiger partial charge in [-0.3, -0.25) is 10.2 Å². The molecule has 2 aromatic rings. The van der Waals surface area contributed by atoms with Crippen molar-refractivity contribution in [1.29, 1.82) is 0 Å². The summed E-state index contributed by atoms with van der Waals surface area (Å²) in [5.74, 6) is 5.00. The summed E-state index contributed by atoms with van der Waals surface area (Å²) in [6.45, 7) is 7.87. The number of allylic oxidation sites excluding steroid dienone is 2. The van der Waals surface area contributed by atoms with Crippen LogP contribution in [0, 0.1) is 0 Å². The summed E-state index contributed by atoms with van der Waals surface area (Å²) >= 11 is 0. The average molecular weight is 304 g/mol. The number of nitrogen functional groups attached to an aromatic ring is 1. The number of carbonyl (C=O) groups excluding carboxylic acids is 1. The van der Waals surface area contributed by atoms with Gasteiger partial charge in [-0.1, -0.05) is 42.5 Å². The molecular formula is C20H20N2O. The number of benzene rings is 2. The van der Waals surface area contributed by atoms with E-state index in [2.05, 4.69) is 36.8 Å². The highest BCUT2D eigenvalue weighted by molar-refractivity contribution is 5.96. The fourth-order valence-corrected chi connectivity index (χ4v) is 3.70. The van der Waals surface area contributed by atoms with E-state index in [0.717, 1.165) is 24.0 Å². The van der Waals surface area contributed by atoms with Crippen molar-refractivity contribution in [3.05, 3.63) is 84.5 Å². The van der Waals surface area contributed by atoms with Gasteiger partial charge in [-0.25, -0.2) is 5.84 Å². The third-order valence-electron chi connectivity index (χ3n) is 4.65. The molecule has 1 aliphatic carbocycles. The Balaban J connectivity index is 2.30. The van der Waals surface area contributed by atoms with E-state index in [9.17, 15) is 4.79 Å². The first-order valence-electron chi connectivity index (χ1n) is 7.65. The summed E-state index contributed by atoms with van der Waals surface area (Å²) in [6.07, 6.45) is 5.45. The molecule has 0 saturated carbocycles. The van der Waals surface area contributed by atoms with E-state index in [1.165, 1.54) is 11.1 Å². The van der Waals surface area contributed by atoms with Crippen molar-refractivity contribution < 1.29 is 4.79 Å². The summed E-state index contributed by atoms with van der Waals surface area (Å²) in [4.78, 5) is 11.9. The first kappa shape index (κ1) is 15.3. The Hall–Kier alpha value is -2.65. The number of fused-ring (bicyclic) bond motifs is 3. The zero-order valence-corrected chi connectivity index (χ0v) is 13.0. The van der Waals surface area contributed by atoms with E-state index in [1.807, 2.05) is 36.4 Å². The van der Waals surface area contributed by atoms with Gasteiger partial charge in [0.05, 0.1) is 0 Å². The standard InChI is InChI=1S/C20H20N2O/c1-3-11-20(12-4-2)17-8-6-5-7-15(17)16-10-9-14(13-18(16)20)19(23)22-21/h3-10,13H,1-2,11-12,21H2,(H,22,23). The quantitative estimate of drug-likeness (QED) is 0.383. The zero-order chi connectivity index (χ0) is 16.4. The summed E-state index contributed by atoms with van der Waals surface area (Å²) in [6, 6.07) is 14.2. The van der Waals surface area contributed by atoms with Crippen LogP contribution in [0.15, 0.2) is 67.8 Å². The van der Waals surface area contributed by atoms with Crippen LogP contribution >= 0.6 is 0 Å². The van der Waals surface area contributed by atoms with Gasteiger partial charge in [-0.2, -0.15) is 0 Å². The Morgan fingerprint density at radius 1 is 1.04 bits per heavy atom. The molecule has 1 aliphatic rings. The Bertz CT molecular complexity index is 782. The van der Waals surface area contributed by atoms with Crippen molar-refractivity contribution in [1.82, 2.24) is 5.43 Å². The molecular weight excluding hydrogens is 284 g/mol. The normalized spacial score (nSPS) is 13.8. The molecule has 0 bridgehead atoms. The molecule has 0 spiro atoms. The van der Waals surface area contributed by atoms with Crippen LogP contribution in [0.5, 0.6) is 0 Å². The number of hydrazine groups is 1. The maximum absolute atomic E-state index is 11.9. The van der Waals surface area contributed by atoms with Crippen LogP contribution in [-0.4, -0.2) is 5.91 Å². The smallest absolute Gasteiger partial charge is 0.265 e. The minimum absolute atomic E-state index is 0.222. The average Bonchev–Trinajstić information content (AvgIpc) is 2.85. The van der Waals surface area contributed by atoms with Crippen molar-refractivity contribution in [2.45, 2.75) is 18.3 Å². The highest BCUT2D eigenvalue weighted by Crippen LogP contribution is 2.53. The monoisotopic (exact) mass is 304 g/mol. The number of rotatable bonds is 5. The SMILES string of the molecule is C=CCC1(CC=C)c2ccccc2-c2ccc(C(=O)NN)cc21. The fraction of sp³-hybridized carbons (Fsp3) is 0.150. The number of amides is 1. The molecule has 116 valence electrons. The van der Waals surface area contributed by atoms with Gasteiger partial charge in [0.1, 0.15) is 0 Å². The fourth-order valence-electron chi connectivity index (χ4n) is 3.70. The summed E-state index contributed by atoms with van der Waals surface area (Å²) in [5.41, 5.74) is 7.33.